The Balaban J connectivity index is 1.40. The van der Waals surface area contributed by atoms with Gasteiger partial charge in [0.05, 0.1) is 11.1 Å². The van der Waals surface area contributed by atoms with Crippen molar-refractivity contribution < 1.29 is 17.9 Å². The van der Waals surface area contributed by atoms with E-state index in [0.717, 1.165) is 45.1 Å². The van der Waals surface area contributed by atoms with Crippen molar-refractivity contribution in [3.8, 4) is 0 Å². The maximum Gasteiger partial charge on any atom is 0.417 e. The molecule has 0 atom stereocenters. The first-order chi connectivity index (χ1) is 13.3. The van der Waals surface area contributed by atoms with E-state index in [-0.39, 0.29) is 6.61 Å². The fourth-order valence-electron chi connectivity index (χ4n) is 3.03. The summed E-state index contributed by atoms with van der Waals surface area (Å²) in [7, 11) is 1.92. The van der Waals surface area contributed by atoms with Crippen molar-refractivity contribution in [1.82, 2.24) is 9.78 Å². The first kappa shape index (κ1) is 18.6. The fourth-order valence-corrected chi connectivity index (χ4v) is 3.83. The van der Waals surface area contributed by atoms with Crippen molar-refractivity contribution >= 4 is 27.9 Å². The Hall–Kier alpha value is -2.74. The van der Waals surface area contributed by atoms with Crippen LogP contribution in [0.5, 0.6) is 0 Å². The molecule has 0 saturated carbocycles. The standard InChI is InChI=1S/C20H18F3N3OS/c1-13-18-10-15(3-4-19(18)24-25(13)2)26-7-5-16(6-8-26)27-11-17-9-14(12-28-17)20(21,22)23/h3-7,9-10,12H,8,11H2,1-2H3. The van der Waals surface area contributed by atoms with Crippen LogP contribution in [0, 0.1) is 6.92 Å². The fraction of sp³-hybridized carbons (Fsp3) is 0.250. The van der Waals surface area contributed by atoms with Gasteiger partial charge in [-0.3, -0.25) is 4.68 Å². The average molecular weight is 405 g/mol. The molecule has 1 aromatic carbocycles. The molecule has 146 valence electrons. The number of anilines is 1. The lowest BCUT2D eigenvalue weighted by Gasteiger charge is -2.23. The number of rotatable bonds is 4. The average Bonchev–Trinajstić information content (AvgIpc) is 3.26. The van der Waals surface area contributed by atoms with Gasteiger partial charge in [-0.25, -0.2) is 0 Å². The van der Waals surface area contributed by atoms with Crippen LogP contribution in [0.25, 0.3) is 10.9 Å². The van der Waals surface area contributed by atoms with Crippen molar-refractivity contribution in [3.05, 3.63) is 69.9 Å². The third-order valence-electron chi connectivity index (χ3n) is 4.71. The van der Waals surface area contributed by atoms with Crippen LogP contribution in [0.3, 0.4) is 0 Å². The Bertz CT molecular complexity index is 1080. The van der Waals surface area contributed by atoms with Gasteiger partial charge in [-0.2, -0.15) is 18.3 Å². The minimum atomic E-state index is -4.31. The van der Waals surface area contributed by atoms with Gasteiger partial charge in [0.1, 0.15) is 12.4 Å². The van der Waals surface area contributed by atoms with Gasteiger partial charge in [0.2, 0.25) is 0 Å². The zero-order valence-electron chi connectivity index (χ0n) is 15.3. The van der Waals surface area contributed by atoms with Gasteiger partial charge >= 0.3 is 6.18 Å². The molecule has 0 saturated heterocycles. The van der Waals surface area contributed by atoms with E-state index < -0.39 is 11.7 Å². The second-order valence-corrected chi connectivity index (χ2v) is 7.57. The molecular formula is C20H18F3N3OS. The van der Waals surface area contributed by atoms with Gasteiger partial charge in [-0.1, -0.05) is 0 Å². The van der Waals surface area contributed by atoms with Gasteiger partial charge in [-0.05, 0) is 43.3 Å². The molecule has 0 N–H and O–H groups in total. The van der Waals surface area contributed by atoms with E-state index in [4.69, 9.17) is 4.74 Å². The van der Waals surface area contributed by atoms with Crippen molar-refractivity contribution in [2.45, 2.75) is 19.7 Å². The Kier molecular flexibility index (Phi) is 4.66. The summed E-state index contributed by atoms with van der Waals surface area (Å²) in [4.78, 5) is 2.62. The van der Waals surface area contributed by atoms with E-state index in [0.29, 0.717) is 17.2 Å². The van der Waals surface area contributed by atoms with Crippen molar-refractivity contribution in [2.24, 2.45) is 7.05 Å². The van der Waals surface area contributed by atoms with E-state index in [2.05, 4.69) is 16.1 Å². The molecule has 0 fully saturated rings. The van der Waals surface area contributed by atoms with Gasteiger partial charge in [0, 0.05) is 46.8 Å². The predicted octanol–water partition coefficient (Wildman–Crippen LogP) is 5.40. The van der Waals surface area contributed by atoms with E-state index in [9.17, 15) is 13.2 Å². The number of hydrogen-bond acceptors (Lipinski definition) is 4. The molecule has 4 nitrogen and oxygen atoms in total. The van der Waals surface area contributed by atoms with E-state index >= 15 is 0 Å². The molecule has 0 spiro atoms. The third-order valence-corrected chi connectivity index (χ3v) is 5.63. The highest BCUT2D eigenvalue weighted by molar-refractivity contribution is 7.10. The summed E-state index contributed by atoms with van der Waals surface area (Å²) in [6.07, 6.45) is 1.34. The monoisotopic (exact) mass is 405 g/mol. The number of aromatic nitrogens is 2. The summed E-state index contributed by atoms with van der Waals surface area (Å²) in [6.45, 7) is 2.78. The molecule has 0 bridgehead atoms. The Morgan fingerprint density at radius 3 is 2.75 bits per heavy atom. The largest absolute Gasteiger partial charge is 0.488 e. The number of fused-ring (bicyclic) bond motifs is 1. The van der Waals surface area contributed by atoms with Crippen LogP contribution in [-0.4, -0.2) is 16.3 Å². The van der Waals surface area contributed by atoms with Crippen LogP contribution in [-0.2, 0) is 24.6 Å². The highest BCUT2D eigenvalue weighted by Crippen LogP contribution is 2.33. The summed E-state index contributed by atoms with van der Waals surface area (Å²) in [5.74, 6) is 0.650. The number of allylic oxidation sites excluding steroid dienone is 1. The number of halogens is 3. The summed E-state index contributed by atoms with van der Waals surface area (Å²) in [5.41, 5.74) is 2.48. The van der Waals surface area contributed by atoms with Gasteiger partial charge < -0.3 is 9.64 Å². The maximum atomic E-state index is 12.7. The number of ether oxygens (including phenoxy) is 1. The number of nitrogens with zero attached hydrogens (tertiary/aromatic N) is 3. The molecule has 3 aromatic rings. The second kappa shape index (κ2) is 7.01. The minimum Gasteiger partial charge on any atom is -0.488 e. The topological polar surface area (TPSA) is 30.3 Å². The third kappa shape index (κ3) is 3.64. The van der Waals surface area contributed by atoms with Gasteiger partial charge in [0.15, 0.2) is 0 Å². The molecule has 0 aliphatic carbocycles. The first-order valence-corrected chi connectivity index (χ1v) is 9.55. The number of hydrogen-bond donors (Lipinski definition) is 0. The number of aryl methyl sites for hydroxylation is 2. The van der Waals surface area contributed by atoms with Gasteiger partial charge in [0.25, 0.3) is 0 Å². The Morgan fingerprint density at radius 2 is 2.07 bits per heavy atom. The molecule has 1 aliphatic heterocycles. The molecule has 0 radical (unpaired) electrons. The van der Waals surface area contributed by atoms with Crippen LogP contribution >= 0.6 is 11.3 Å². The van der Waals surface area contributed by atoms with Crippen LogP contribution in [0.15, 0.2) is 53.8 Å². The Morgan fingerprint density at radius 1 is 1.25 bits per heavy atom. The number of benzene rings is 1. The molecule has 1 aliphatic rings. The summed E-state index contributed by atoms with van der Waals surface area (Å²) < 4.78 is 45.5. The predicted molar refractivity (Wildman–Crippen MR) is 104 cm³/mol. The Labute approximate surface area is 164 Å². The highest BCUT2D eigenvalue weighted by Gasteiger charge is 2.31. The van der Waals surface area contributed by atoms with Crippen molar-refractivity contribution in [2.75, 3.05) is 11.4 Å². The molecule has 0 amide bonds. The second-order valence-electron chi connectivity index (χ2n) is 6.57. The minimum absolute atomic E-state index is 0.123. The summed E-state index contributed by atoms with van der Waals surface area (Å²) >= 11 is 1.05. The lowest BCUT2D eigenvalue weighted by Crippen LogP contribution is -2.19. The molecule has 28 heavy (non-hydrogen) atoms. The zero-order chi connectivity index (χ0) is 19.9. The summed E-state index contributed by atoms with van der Waals surface area (Å²) in [5, 5.41) is 6.68. The van der Waals surface area contributed by atoms with Crippen LogP contribution < -0.4 is 4.90 Å². The summed E-state index contributed by atoms with van der Waals surface area (Å²) in [6, 6.07) is 7.25. The van der Waals surface area contributed by atoms with E-state index in [1.807, 2.05) is 49.1 Å². The molecule has 3 heterocycles. The molecule has 2 aromatic heterocycles. The lowest BCUT2D eigenvalue weighted by molar-refractivity contribution is -0.137. The highest BCUT2D eigenvalue weighted by atomic mass is 32.1. The number of alkyl halides is 3. The van der Waals surface area contributed by atoms with Crippen molar-refractivity contribution in [3.63, 3.8) is 0 Å². The normalized spacial score (nSPS) is 14.6. The first-order valence-electron chi connectivity index (χ1n) is 8.67. The van der Waals surface area contributed by atoms with Crippen LogP contribution in [0.1, 0.15) is 16.1 Å². The SMILES string of the molecule is Cc1c2cc(N3C=CC(OCc4cc(C(F)(F)F)cs4)=CC3)ccc2nn1C. The quantitative estimate of drug-likeness (QED) is 0.583. The van der Waals surface area contributed by atoms with Gasteiger partial charge in [-0.15, -0.1) is 11.3 Å². The maximum absolute atomic E-state index is 12.7. The lowest BCUT2D eigenvalue weighted by atomic mass is 10.1. The number of thiophene rings is 1. The molecule has 8 heteroatoms. The van der Waals surface area contributed by atoms with Crippen molar-refractivity contribution in [1.29, 1.82) is 0 Å². The smallest absolute Gasteiger partial charge is 0.417 e. The molecule has 0 unspecified atom stereocenters. The zero-order valence-corrected chi connectivity index (χ0v) is 16.1. The van der Waals surface area contributed by atoms with Crippen LogP contribution in [0.2, 0.25) is 0 Å². The van der Waals surface area contributed by atoms with E-state index in [1.165, 1.54) is 0 Å². The molecular weight excluding hydrogens is 387 g/mol. The van der Waals surface area contributed by atoms with E-state index in [1.54, 1.807) is 0 Å². The van der Waals surface area contributed by atoms with Crippen LogP contribution in [0.4, 0.5) is 18.9 Å². The molecule has 4 rings (SSSR count).